The molecule has 0 unspecified atom stereocenters. The molecule has 0 aliphatic carbocycles. The standard InChI is InChI=1S/C20H25FN4O/c1-15-8-9-22-25(15)14-20(26)24-12-17-4-7-19(24)13-23(11-17)10-16-2-5-18(21)6-3-16/h2-3,5-6,8-9,17,19H,4,7,10-14H2,1H3/t17-,19+/m0/s1. The number of aryl methyl sites for hydroxylation is 1. The first kappa shape index (κ1) is 17.2. The fraction of sp³-hybridized carbons (Fsp3) is 0.500. The molecule has 0 spiro atoms. The van der Waals surface area contributed by atoms with Crippen LogP contribution in [0.15, 0.2) is 36.5 Å². The first-order valence-electron chi connectivity index (χ1n) is 9.33. The van der Waals surface area contributed by atoms with Gasteiger partial charge < -0.3 is 4.90 Å². The van der Waals surface area contributed by atoms with Gasteiger partial charge in [-0.05, 0) is 49.4 Å². The van der Waals surface area contributed by atoms with Crippen molar-refractivity contribution in [1.29, 1.82) is 0 Å². The minimum absolute atomic E-state index is 0.162. The van der Waals surface area contributed by atoms with Crippen LogP contribution in [0.5, 0.6) is 0 Å². The maximum absolute atomic E-state index is 13.1. The van der Waals surface area contributed by atoms with Crippen molar-refractivity contribution >= 4 is 5.91 Å². The molecular formula is C20H25FN4O. The van der Waals surface area contributed by atoms with Gasteiger partial charge >= 0.3 is 0 Å². The third-order valence-electron chi connectivity index (χ3n) is 5.64. The van der Waals surface area contributed by atoms with Crippen LogP contribution in [-0.4, -0.2) is 51.2 Å². The molecule has 5 nitrogen and oxygen atoms in total. The van der Waals surface area contributed by atoms with E-state index in [9.17, 15) is 9.18 Å². The van der Waals surface area contributed by atoms with E-state index in [0.29, 0.717) is 12.5 Å². The average molecular weight is 356 g/mol. The molecule has 2 bridgehead atoms. The zero-order chi connectivity index (χ0) is 18.1. The number of aromatic nitrogens is 2. The van der Waals surface area contributed by atoms with Gasteiger partial charge in [0.1, 0.15) is 12.4 Å². The summed E-state index contributed by atoms with van der Waals surface area (Å²) in [7, 11) is 0. The van der Waals surface area contributed by atoms with Crippen molar-refractivity contribution in [3.05, 3.63) is 53.6 Å². The van der Waals surface area contributed by atoms with E-state index in [1.165, 1.54) is 18.6 Å². The molecule has 2 atom stereocenters. The molecule has 1 amide bonds. The number of benzene rings is 1. The number of fused-ring (bicyclic) bond motifs is 4. The molecule has 0 saturated carbocycles. The number of hydrogen-bond acceptors (Lipinski definition) is 3. The number of amides is 1. The molecule has 0 N–H and O–H groups in total. The average Bonchev–Trinajstić information content (AvgIpc) is 2.84. The first-order valence-corrected chi connectivity index (χ1v) is 9.33. The smallest absolute Gasteiger partial charge is 0.244 e. The second kappa shape index (κ2) is 7.19. The van der Waals surface area contributed by atoms with Crippen LogP contribution < -0.4 is 0 Å². The molecule has 0 radical (unpaired) electrons. The Labute approximate surface area is 153 Å². The van der Waals surface area contributed by atoms with E-state index in [4.69, 9.17) is 0 Å². The van der Waals surface area contributed by atoms with Crippen LogP contribution in [-0.2, 0) is 17.9 Å². The predicted molar refractivity (Wildman–Crippen MR) is 96.9 cm³/mol. The molecule has 6 heteroatoms. The van der Waals surface area contributed by atoms with Gasteiger partial charge in [0.15, 0.2) is 0 Å². The highest BCUT2D eigenvalue weighted by Crippen LogP contribution is 2.29. The Morgan fingerprint density at radius 1 is 1.15 bits per heavy atom. The SMILES string of the molecule is Cc1ccnn1CC(=O)N1C[C@H]2CC[C@@H]1CN(Cc1ccc(F)cc1)C2. The summed E-state index contributed by atoms with van der Waals surface area (Å²) in [5.74, 6) is 0.474. The van der Waals surface area contributed by atoms with Gasteiger partial charge in [-0.3, -0.25) is 14.4 Å². The van der Waals surface area contributed by atoms with E-state index >= 15 is 0 Å². The minimum atomic E-state index is -0.199. The summed E-state index contributed by atoms with van der Waals surface area (Å²) in [4.78, 5) is 17.4. The van der Waals surface area contributed by atoms with Gasteiger partial charge in [-0.25, -0.2) is 4.39 Å². The third-order valence-corrected chi connectivity index (χ3v) is 5.64. The minimum Gasteiger partial charge on any atom is -0.336 e. The van der Waals surface area contributed by atoms with Crippen molar-refractivity contribution in [2.75, 3.05) is 19.6 Å². The molecule has 26 heavy (non-hydrogen) atoms. The van der Waals surface area contributed by atoms with Gasteiger partial charge in [0.2, 0.25) is 5.91 Å². The molecule has 1 aromatic carbocycles. The second-order valence-corrected chi connectivity index (χ2v) is 7.59. The Morgan fingerprint density at radius 2 is 1.96 bits per heavy atom. The number of rotatable bonds is 4. The Hall–Kier alpha value is -2.21. The molecule has 3 aliphatic rings. The summed E-state index contributed by atoms with van der Waals surface area (Å²) in [5, 5.41) is 4.24. The fourth-order valence-corrected chi connectivity index (χ4v) is 4.24. The number of nitrogens with zero attached hydrogens (tertiary/aromatic N) is 4. The number of halogens is 1. The van der Waals surface area contributed by atoms with Crippen LogP contribution in [0.2, 0.25) is 0 Å². The quantitative estimate of drug-likeness (QED) is 0.845. The summed E-state index contributed by atoms with van der Waals surface area (Å²) in [6.07, 6.45) is 3.98. The lowest BCUT2D eigenvalue weighted by Crippen LogP contribution is -2.48. The lowest BCUT2D eigenvalue weighted by Gasteiger charge is -2.36. The van der Waals surface area contributed by atoms with Crippen molar-refractivity contribution in [1.82, 2.24) is 19.6 Å². The van der Waals surface area contributed by atoms with Crippen LogP contribution in [0.3, 0.4) is 0 Å². The van der Waals surface area contributed by atoms with E-state index in [0.717, 1.165) is 43.9 Å². The van der Waals surface area contributed by atoms with Gasteiger partial charge in [0.05, 0.1) is 0 Å². The normalized spacial score (nSPS) is 23.2. The van der Waals surface area contributed by atoms with Gasteiger partial charge in [-0.1, -0.05) is 12.1 Å². The van der Waals surface area contributed by atoms with Crippen molar-refractivity contribution in [2.45, 2.75) is 38.9 Å². The van der Waals surface area contributed by atoms with Crippen molar-refractivity contribution < 1.29 is 9.18 Å². The molecule has 3 saturated heterocycles. The van der Waals surface area contributed by atoms with E-state index in [1.54, 1.807) is 10.9 Å². The van der Waals surface area contributed by atoms with Crippen molar-refractivity contribution in [2.24, 2.45) is 5.92 Å². The summed E-state index contributed by atoms with van der Waals surface area (Å²) in [6.45, 7) is 5.83. The van der Waals surface area contributed by atoms with Gasteiger partial charge in [-0.2, -0.15) is 5.10 Å². The Morgan fingerprint density at radius 3 is 2.69 bits per heavy atom. The van der Waals surface area contributed by atoms with Gasteiger partial charge in [-0.15, -0.1) is 0 Å². The number of carbonyl (C=O) groups is 1. The number of hydrogen-bond donors (Lipinski definition) is 0. The summed E-state index contributed by atoms with van der Waals surface area (Å²) < 4.78 is 14.9. The number of carbonyl (C=O) groups excluding carboxylic acids is 1. The molecule has 3 aliphatic heterocycles. The molecule has 1 aromatic heterocycles. The molecule has 3 fully saturated rings. The lowest BCUT2D eigenvalue weighted by atomic mass is 9.95. The monoisotopic (exact) mass is 356 g/mol. The Balaban J connectivity index is 1.43. The molecule has 2 aromatic rings. The highest BCUT2D eigenvalue weighted by atomic mass is 19.1. The van der Waals surface area contributed by atoms with Crippen molar-refractivity contribution in [3.63, 3.8) is 0 Å². The second-order valence-electron chi connectivity index (χ2n) is 7.59. The van der Waals surface area contributed by atoms with Crippen LogP contribution >= 0.6 is 0 Å². The van der Waals surface area contributed by atoms with E-state index in [2.05, 4.69) is 14.9 Å². The third kappa shape index (κ3) is 3.65. The fourth-order valence-electron chi connectivity index (χ4n) is 4.24. The maximum atomic E-state index is 13.1. The highest BCUT2D eigenvalue weighted by molar-refractivity contribution is 5.76. The Bertz CT molecular complexity index is 772. The largest absolute Gasteiger partial charge is 0.336 e. The Kier molecular flexibility index (Phi) is 4.76. The summed E-state index contributed by atoms with van der Waals surface area (Å²) in [6, 6.07) is 8.93. The van der Waals surface area contributed by atoms with Gasteiger partial charge in [0.25, 0.3) is 0 Å². The molecule has 4 heterocycles. The molecular weight excluding hydrogens is 331 g/mol. The summed E-state index contributed by atoms with van der Waals surface area (Å²) in [5.41, 5.74) is 2.13. The van der Waals surface area contributed by atoms with Crippen molar-refractivity contribution in [3.8, 4) is 0 Å². The van der Waals surface area contributed by atoms with Gasteiger partial charge in [0, 0.05) is 44.1 Å². The van der Waals surface area contributed by atoms with Crippen LogP contribution in [0.1, 0.15) is 24.1 Å². The summed E-state index contributed by atoms with van der Waals surface area (Å²) >= 11 is 0. The first-order chi connectivity index (χ1) is 12.6. The molecule has 138 valence electrons. The zero-order valence-electron chi connectivity index (χ0n) is 15.1. The van der Waals surface area contributed by atoms with E-state index in [-0.39, 0.29) is 17.8 Å². The topological polar surface area (TPSA) is 41.4 Å². The van der Waals surface area contributed by atoms with Crippen LogP contribution in [0, 0.1) is 18.7 Å². The highest BCUT2D eigenvalue weighted by Gasteiger charge is 2.37. The molecule has 5 rings (SSSR count). The lowest BCUT2D eigenvalue weighted by molar-refractivity contribution is -0.136. The number of piperidine rings is 1. The van der Waals surface area contributed by atoms with Crippen LogP contribution in [0.4, 0.5) is 4.39 Å². The van der Waals surface area contributed by atoms with E-state index in [1.807, 2.05) is 25.1 Å². The predicted octanol–water partition coefficient (Wildman–Crippen LogP) is 2.45. The van der Waals surface area contributed by atoms with E-state index < -0.39 is 0 Å². The van der Waals surface area contributed by atoms with Crippen LogP contribution in [0.25, 0.3) is 0 Å². The maximum Gasteiger partial charge on any atom is 0.244 e. The zero-order valence-corrected chi connectivity index (χ0v) is 15.1.